The molecule has 6 N–H and O–H groups in total. The van der Waals surface area contributed by atoms with Crippen molar-refractivity contribution in [1.82, 2.24) is 54.7 Å². The minimum atomic E-state index is -1.01. The minimum absolute atomic E-state index is 0.0158. The summed E-state index contributed by atoms with van der Waals surface area (Å²) in [6, 6.07) is 34.7. The number of allylic oxidation sites excluding steroid dienone is 1. The number of morpholine rings is 1. The molecule has 0 saturated carbocycles. The van der Waals surface area contributed by atoms with E-state index in [0.717, 1.165) is 88.4 Å². The fourth-order valence-corrected chi connectivity index (χ4v) is 17.4. The van der Waals surface area contributed by atoms with E-state index < -0.39 is 29.6 Å². The van der Waals surface area contributed by atoms with Crippen molar-refractivity contribution in [2.75, 3.05) is 65.6 Å². The summed E-state index contributed by atoms with van der Waals surface area (Å²) < 4.78 is 18.8. The van der Waals surface area contributed by atoms with E-state index >= 15 is 0 Å². The predicted molar refractivity (Wildman–Crippen MR) is 425 cm³/mol. The number of hydrogen-bond donors (Lipinski definition) is 6. The number of carbonyl (C=O) groups is 3. The molecule has 552 valence electrons. The number of thioether (sulfide) groups is 3. The highest BCUT2D eigenvalue weighted by Gasteiger charge is 2.38. The van der Waals surface area contributed by atoms with Gasteiger partial charge in [-0.05, 0) is 198 Å². The Morgan fingerprint density at radius 3 is 1.50 bits per heavy atom. The van der Waals surface area contributed by atoms with Gasteiger partial charge in [-0.15, -0.1) is 0 Å². The lowest BCUT2D eigenvalue weighted by molar-refractivity contribution is -0.115. The van der Waals surface area contributed by atoms with Crippen LogP contribution in [0.4, 0.5) is 0 Å². The van der Waals surface area contributed by atoms with Gasteiger partial charge in [0.15, 0.2) is 15.5 Å². The summed E-state index contributed by atoms with van der Waals surface area (Å²) in [4.78, 5) is 60.8. The van der Waals surface area contributed by atoms with Gasteiger partial charge >= 0.3 is 0 Å². The highest BCUT2D eigenvalue weighted by molar-refractivity contribution is 8.19. The van der Waals surface area contributed by atoms with Gasteiger partial charge in [0, 0.05) is 82.6 Å². The molecule has 23 nitrogen and oxygen atoms in total. The lowest BCUT2D eigenvalue weighted by atomic mass is 9.96. The van der Waals surface area contributed by atoms with Gasteiger partial charge in [-0.25, -0.2) is 0 Å². The zero-order valence-electron chi connectivity index (χ0n) is 59.1. The van der Waals surface area contributed by atoms with Crippen LogP contribution in [0.25, 0.3) is 56.5 Å². The van der Waals surface area contributed by atoms with E-state index in [1.807, 2.05) is 177 Å². The Morgan fingerprint density at radius 1 is 0.561 bits per heavy atom. The molecule has 5 atom stereocenters. The van der Waals surface area contributed by atoms with Crippen LogP contribution in [0.2, 0.25) is 15.1 Å². The maximum absolute atomic E-state index is 13.6. The van der Waals surface area contributed by atoms with E-state index in [1.165, 1.54) is 35.3 Å². The lowest BCUT2D eigenvalue weighted by Crippen LogP contribution is -2.60. The van der Waals surface area contributed by atoms with Gasteiger partial charge < -0.3 is 49.9 Å². The van der Waals surface area contributed by atoms with E-state index in [2.05, 4.69) is 30.7 Å². The first-order valence-corrected chi connectivity index (χ1v) is 38.7. The fraction of sp³-hybridized carbons (Fsp3) is 0.321. The molecular formula is C78H77Cl3N14O9S3. The number of amidine groups is 3. The van der Waals surface area contributed by atoms with Crippen LogP contribution in [-0.2, 0) is 54.7 Å². The van der Waals surface area contributed by atoms with Crippen LogP contribution in [0.1, 0.15) is 84.7 Å². The molecule has 0 bridgehead atoms. The smallest absolute Gasteiger partial charge is 0.286 e. The molecule has 0 spiro atoms. The van der Waals surface area contributed by atoms with Crippen LogP contribution in [0, 0.1) is 0 Å². The van der Waals surface area contributed by atoms with Crippen molar-refractivity contribution >= 4 is 160 Å². The number of rotatable bonds is 18. The molecule has 3 amide bonds. The standard InChI is InChI=1S/C78H77Cl3N14O9S3/c1-44(20-59-38-92(39-60(43-98)103-59)76-89-73(101)69(107-76)26-47-8-17-65-54(23-47)31-84-94(65)34-50-11-13-55(28-62(50)80)77(2,3)102)48-9-10-49(61(79)27-48)33-93-64-15-7-46(22-52(64)30-83-93)25-68-72(100)88-75(106-68)91-37-58(42-97)86-70(40-91)104-78(4,5)56-14-12-51(63(81)29-56)35-95-66-16-6-45(21-53(66)32-85-95)24-67-71(99)87-74(105-67)90-19-18-82-57(36-90)41-96/h6-17,20-32,57-60,70,82,86,96-98,102H,18-19,33-43H2,1-5H3. The zero-order chi connectivity index (χ0) is 74.6. The second-order valence-electron chi connectivity index (χ2n) is 28.4. The number of aromatic nitrogens is 6. The van der Waals surface area contributed by atoms with Gasteiger partial charge in [0.25, 0.3) is 17.7 Å². The third kappa shape index (κ3) is 16.4. The molecule has 0 aliphatic carbocycles. The predicted octanol–water partition coefficient (Wildman–Crippen LogP) is 11.0. The van der Waals surface area contributed by atoms with E-state index in [4.69, 9.17) is 54.5 Å². The van der Waals surface area contributed by atoms with Crippen molar-refractivity contribution in [1.29, 1.82) is 0 Å². The Bertz CT molecular complexity index is 5270. The summed E-state index contributed by atoms with van der Waals surface area (Å²) in [5.41, 5.74) is 9.27. The van der Waals surface area contributed by atoms with E-state index in [1.54, 1.807) is 38.5 Å². The second-order valence-corrected chi connectivity index (χ2v) is 32.6. The van der Waals surface area contributed by atoms with Crippen molar-refractivity contribution in [2.24, 2.45) is 15.0 Å². The lowest BCUT2D eigenvalue weighted by Gasteiger charge is -2.42. The SMILES string of the molecule is CC(=CC1CN(C2=NC(=O)C(=Cc3ccc4c(cnn4Cc4ccc(C(C)(C)O)cc4Cl)c3)S2)CC(CO)O1)c1ccc(Cn2ncc3cc(C=C4SC(N5CC(CO)NC(OC(C)(C)c6ccc(Cn7ncc8cc(C=C9SC(N%10CCNC(CO)C%10)=NC9=O)ccc87)c(Cl)c6)C5)=NC4=O)ccc32)c(Cl)c1. The molecule has 3 fully saturated rings. The molecule has 6 aliphatic rings. The van der Waals surface area contributed by atoms with E-state index in [-0.39, 0.29) is 49.6 Å². The molecule has 9 heterocycles. The van der Waals surface area contributed by atoms with Gasteiger partial charge in [0.05, 0.1) is 119 Å². The summed E-state index contributed by atoms with van der Waals surface area (Å²) in [6.07, 6.45) is 11.4. The first-order chi connectivity index (χ1) is 51.5. The molecule has 3 saturated heterocycles. The highest BCUT2D eigenvalue weighted by atomic mass is 35.5. The molecule has 5 unspecified atom stereocenters. The number of aliphatic hydroxyl groups excluding tert-OH is 3. The van der Waals surface area contributed by atoms with E-state index in [0.29, 0.717) is 111 Å². The van der Waals surface area contributed by atoms with Gasteiger partial charge in [0.2, 0.25) is 0 Å². The molecule has 29 heteroatoms. The number of aliphatic imine (C=N–C) groups is 3. The van der Waals surface area contributed by atoms with Gasteiger partial charge in [-0.2, -0.15) is 30.3 Å². The Kier molecular flexibility index (Phi) is 21.5. The number of amides is 3. The maximum atomic E-state index is 13.6. The molecule has 0 radical (unpaired) electrons. The third-order valence-electron chi connectivity index (χ3n) is 19.7. The normalized spacial score (nSPS) is 21.8. The average Bonchev–Trinajstić information content (AvgIpc) is 1.77. The van der Waals surface area contributed by atoms with Crippen LogP contribution >= 0.6 is 70.1 Å². The Morgan fingerprint density at radius 2 is 1.02 bits per heavy atom. The van der Waals surface area contributed by atoms with Crippen molar-refractivity contribution in [2.45, 2.75) is 96.0 Å². The average molecular weight is 1560 g/mol. The van der Waals surface area contributed by atoms with Gasteiger partial charge in [-0.3, -0.25) is 33.7 Å². The van der Waals surface area contributed by atoms with Crippen LogP contribution in [0.15, 0.2) is 164 Å². The summed E-state index contributed by atoms with van der Waals surface area (Å²) in [7, 11) is 0. The summed E-state index contributed by atoms with van der Waals surface area (Å²) in [6.45, 7) is 13.8. The van der Waals surface area contributed by atoms with Crippen LogP contribution in [0.3, 0.4) is 0 Å². The van der Waals surface area contributed by atoms with E-state index in [9.17, 15) is 34.8 Å². The monoisotopic (exact) mass is 1550 g/mol. The van der Waals surface area contributed by atoms with Crippen molar-refractivity contribution in [3.63, 3.8) is 0 Å². The number of fused-ring (bicyclic) bond motifs is 3. The van der Waals surface area contributed by atoms with Crippen molar-refractivity contribution in [3.05, 3.63) is 214 Å². The highest BCUT2D eigenvalue weighted by Crippen LogP contribution is 2.39. The number of ether oxygens (including phenoxy) is 2. The Labute approximate surface area is 644 Å². The molecule has 6 aliphatic heterocycles. The number of halogens is 3. The number of benzene rings is 6. The quantitative estimate of drug-likeness (QED) is 0.0436. The Hall–Kier alpha value is -8.29. The summed E-state index contributed by atoms with van der Waals surface area (Å²) >= 11 is 24.7. The number of aliphatic hydroxyl groups is 4. The number of piperazine rings is 2. The first kappa shape index (κ1) is 74.2. The maximum Gasteiger partial charge on any atom is 0.286 e. The molecule has 6 aromatic carbocycles. The van der Waals surface area contributed by atoms with Gasteiger partial charge in [0.1, 0.15) is 6.23 Å². The minimum Gasteiger partial charge on any atom is -0.395 e. The van der Waals surface area contributed by atoms with Crippen molar-refractivity contribution < 1.29 is 44.3 Å². The van der Waals surface area contributed by atoms with Crippen LogP contribution < -0.4 is 10.6 Å². The van der Waals surface area contributed by atoms with Crippen LogP contribution in [-0.4, -0.2) is 194 Å². The fourth-order valence-electron chi connectivity index (χ4n) is 13.9. The number of nitrogens with one attached hydrogen (secondary N) is 2. The van der Waals surface area contributed by atoms with Gasteiger partial charge in [-0.1, -0.05) is 95.5 Å². The largest absolute Gasteiger partial charge is 0.395 e. The second kappa shape index (κ2) is 31.0. The topological polar surface area (TPSA) is 275 Å². The number of nitrogens with zero attached hydrogens (tertiary/aromatic N) is 12. The molecule has 15 rings (SSSR count). The number of carbonyl (C=O) groups excluding carboxylic acids is 3. The molecule has 9 aromatic rings. The molecular weight excluding hydrogens is 1480 g/mol. The third-order valence-corrected chi connectivity index (χ3v) is 23.9. The summed E-state index contributed by atoms with van der Waals surface area (Å²) in [5.74, 6) is -0.980. The first-order valence-electron chi connectivity index (χ1n) is 35.1. The van der Waals surface area contributed by atoms with Crippen molar-refractivity contribution in [3.8, 4) is 0 Å². The molecule has 107 heavy (non-hydrogen) atoms. The number of hydrogen-bond acceptors (Lipinski definition) is 20. The molecule has 3 aromatic heterocycles. The zero-order valence-corrected chi connectivity index (χ0v) is 63.8. The summed E-state index contributed by atoms with van der Waals surface area (Å²) in [5, 5.41) is 67.8. The van der Waals surface area contributed by atoms with Crippen LogP contribution in [0.5, 0.6) is 0 Å². The Balaban J connectivity index is 0.541.